The molecule has 0 heterocycles. The van der Waals surface area contributed by atoms with Gasteiger partial charge >= 0.3 is 11.7 Å². The van der Waals surface area contributed by atoms with Crippen LogP contribution in [-0.2, 0) is 4.79 Å². The van der Waals surface area contributed by atoms with E-state index in [9.17, 15) is 14.9 Å². The minimum absolute atomic E-state index is 0.0521. The number of thioether (sulfide) groups is 1. The number of carbonyl (C=O) groups is 1. The van der Waals surface area contributed by atoms with Gasteiger partial charge in [-0.1, -0.05) is 13.8 Å². The Kier molecular flexibility index (Phi) is 5.17. The van der Waals surface area contributed by atoms with Crippen molar-refractivity contribution in [3.63, 3.8) is 0 Å². The van der Waals surface area contributed by atoms with Gasteiger partial charge in [0.2, 0.25) is 0 Å². The summed E-state index contributed by atoms with van der Waals surface area (Å²) >= 11 is 1.15. The number of nitro groups is 1. The summed E-state index contributed by atoms with van der Waals surface area (Å²) in [5, 5.41) is 19.3. The first-order valence-corrected chi connectivity index (χ1v) is 6.46. The highest BCUT2D eigenvalue weighted by atomic mass is 32.2. The summed E-state index contributed by atoms with van der Waals surface area (Å²) in [4.78, 5) is 22.0. The number of methoxy groups -OCH3 is 1. The van der Waals surface area contributed by atoms with E-state index in [0.717, 1.165) is 11.8 Å². The van der Waals surface area contributed by atoms with E-state index in [0.29, 0.717) is 4.90 Å². The smallest absolute Gasteiger partial charge is 0.317 e. The Morgan fingerprint density at radius 1 is 1.47 bits per heavy atom. The molecule has 0 saturated carbocycles. The second-order valence-electron chi connectivity index (χ2n) is 4.21. The van der Waals surface area contributed by atoms with Gasteiger partial charge in [0.25, 0.3) is 0 Å². The molecular formula is C12H15NO5S. The topological polar surface area (TPSA) is 89.7 Å². The summed E-state index contributed by atoms with van der Waals surface area (Å²) in [5.74, 6) is -0.830. The lowest BCUT2D eigenvalue weighted by molar-refractivity contribution is -0.385. The molecule has 0 aliphatic rings. The molecule has 0 bridgehead atoms. The molecule has 0 radical (unpaired) electrons. The van der Waals surface area contributed by atoms with Crippen LogP contribution < -0.4 is 4.74 Å². The molecule has 6 nitrogen and oxygen atoms in total. The van der Waals surface area contributed by atoms with Gasteiger partial charge in [0.05, 0.1) is 12.0 Å². The van der Waals surface area contributed by atoms with Crippen molar-refractivity contribution in [3.8, 4) is 5.75 Å². The van der Waals surface area contributed by atoms with Crippen molar-refractivity contribution >= 4 is 23.4 Å². The Morgan fingerprint density at radius 3 is 2.53 bits per heavy atom. The molecule has 1 aromatic rings. The molecule has 0 fully saturated rings. The van der Waals surface area contributed by atoms with Crippen LogP contribution in [0.1, 0.15) is 13.8 Å². The summed E-state index contributed by atoms with van der Waals surface area (Å²) in [6.45, 7) is 3.63. The number of benzene rings is 1. The lowest BCUT2D eigenvalue weighted by Gasteiger charge is -2.15. The van der Waals surface area contributed by atoms with Gasteiger partial charge in [-0.25, -0.2) is 0 Å². The molecule has 1 rings (SSSR count). The Bertz CT molecular complexity index is 489. The van der Waals surface area contributed by atoms with Crippen molar-refractivity contribution in [2.24, 2.45) is 5.92 Å². The Hall–Kier alpha value is -1.76. The first-order chi connectivity index (χ1) is 8.86. The van der Waals surface area contributed by atoms with Gasteiger partial charge in [-0.3, -0.25) is 14.9 Å². The fourth-order valence-electron chi connectivity index (χ4n) is 1.50. The van der Waals surface area contributed by atoms with Crippen LogP contribution in [0.5, 0.6) is 5.75 Å². The Labute approximate surface area is 114 Å². The van der Waals surface area contributed by atoms with Crippen molar-refractivity contribution in [2.45, 2.75) is 24.0 Å². The van der Waals surface area contributed by atoms with Crippen LogP contribution in [0.2, 0.25) is 0 Å². The van der Waals surface area contributed by atoms with Crippen LogP contribution >= 0.6 is 11.8 Å². The zero-order valence-corrected chi connectivity index (χ0v) is 11.6. The maximum atomic E-state index is 11.1. The number of aliphatic carboxylic acids is 1. The zero-order valence-electron chi connectivity index (χ0n) is 10.8. The highest BCUT2D eigenvalue weighted by molar-refractivity contribution is 8.00. The van der Waals surface area contributed by atoms with E-state index < -0.39 is 16.1 Å². The summed E-state index contributed by atoms with van der Waals surface area (Å²) < 4.78 is 4.95. The Morgan fingerprint density at radius 2 is 2.11 bits per heavy atom. The molecule has 1 unspecified atom stereocenters. The molecule has 1 atom stereocenters. The quantitative estimate of drug-likeness (QED) is 0.491. The number of nitro benzene ring substituents is 1. The van der Waals surface area contributed by atoms with E-state index >= 15 is 0 Å². The molecule has 0 spiro atoms. The highest BCUT2D eigenvalue weighted by Gasteiger charge is 2.24. The van der Waals surface area contributed by atoms with E-state index in [1.165, 1.54) is 25.3 Å². The number of hydrogen-bond donors (Lipinski definition) is 1. The molecular weight excluding hydrogens is 270 g/mol. The lowest BCUT2D eigenvalue weighted by atomic mass is 10.1. The monoisotopic (exact) mass is 285 g/mol. The highest BCUT2D eigenvalue weighted by Crippen LogP contribution is 2.35. The molecule has 0 saturated heterocycles. The van der Waals surface area contributed by atoms with Crippen molar-refractivity contribution in [2.75, 3.05) is 7.11 Å². The van der Waals surface area contributed by atoms with Crippen LogP contribution in [0.3, 0.4) is 0 Å². The molecule has 0 aliphatic heterocycles. The first kappa shape index (κ1) is 15.3. The van der Waals surface area contributed by atoms with Gasteiger partial charge in [0, 0.05) is 17.0 Å². The normalized spacial score (nSPS) is 12.2. The number of ether oxygens (including phenoxy) is 1. The maximum Gasteiger partial charge on any atom is 0.317 e. The van der Waals surface area contributed by atoms with Crippen molar-refractivity contribution < 1.29 is 19.6 Å². The van der Waals surface area contributed by atoms with E-state index in [-0.39, 0.29) is 17.4 Å². The molecule has 0 aliphatic carbocycles. The number of carboxylic acid groups (broad SMARTS) is 1. The number of rotatable bonds is 6. The SMILES string of the molecule is COc1cc(SC(C(=O)O)C(C)C)ccc1[N+](=O)[O-]. The summed E-state index contributed by atoms with van der Waals surface area (Å²) in [6, 6.07) is 4.34. The molecule has 104 valence electrons. The van der Waals surface area contributed by atoms with Crippen molar-refractivity contribution in [3.05, 3.63) is 28.3 Å². The second kappa shape index (κ2) is 6.42. The van der Waals surface area contributed by atoms with E-state index in [2.05, 4.69) is 0 Å². The predicted octanol–water partition coefficient (Wildman–Crippen LogP) is 2.80. The number of nitrogens with zero attached hydrogens (tertiary/aromatic N) is 1. The van der Waals surface area contributed by atoms with Gasteiger partial charge < -0.3 is 9.84 Å². The van der Waals surface area contributed by atoms with Crippen molar-refractivity contribution in [1.29, 1.82) is 0 Å². The van der Waals surface area contributed by atoms with Gasteiger partial charge in [-0.05, 0) is 12.0 Å². The van der Waals surface area contributed by atoms with Crippen molar-refractivity contribution in [1.82, 2.24) is 0 Å². The minimum Gasteiger partial charge on any atom is -0.490 e. The lowest BCUT2D eigenvalue weighted by Crippen LogP contribution is -2.22. The third kappa shape index (κ3) is 3.85. The average molecular weight is 285 g/mol. The summed E-state index contributed by atoms with van der Waals surface area (Å²) in [7, 11) is 1.34. The molecule has 1 aromatic carbocycles. The largest absolute Gasteiger partial charge is 0.490 e. The minimum atomic E-state index is -0.905. The standard InChI is InChI=1S/C12H15NO5S/c1-7(2)11(12(14)15)19-8-4-5-9(13(16)17)10(6-8)18-3/h4-7,11H,1-3H3,(H,14,15). The number of hydrogen-bond acceptors (Lipinski definition) is 5. The Balaban J connectivity index is 3.03. The van der Waals surface area contributed by atoms with Crippen LogP contribution in [0.15, 0.2) is 23.1 Å². The van der Waals surface area contributed by atoms with Crippen LogP contribution in [-0.4, -0.2) is 28.4 Å². The predicted molar refractivity (Wildman–Crippen MR) is 71.8 cm³/mol. The van der Waals surface area contributed by atoms with Crippen LogP contribution in [0, 0.1) is 16.0 Å². The number of carboxylic acids is 1. The fraction of sp³-hybridized carbons (Fsp3) is 0.417. The first-order valence-electron chi connectivity index (χ1n) is 5.58. The van der Waals surface area contributed by atoms with Gasteiger partial charge in [-0.15, -0.1) is 11.8 Å². The van der Waals surface area contributed by atoms with Crippen LogP contribution in [0.4, 0.5) is 5.69 Å². The van der Waals surface area contributed by atoms with Gasteiger partial charge in [-0.2, -0.15) is 0 Å². The third-order valence-corrected chi connectivity index (χ3v) is 3.99. The maximum absolute atomic E-state index is 11.1. The molecule has 0 amide bonds. The summed E-state index contributed by atoms with van der Waals surface area (Å²) in [6.07, 6.45) is 0. The molecule has 0 aromatic heterocycles. The van der Waals surface area contributed by atoms with E-state index in [1.807, 2.05) is 13.8 Å². The van der Waals surface area contributed by atoms with Crippen LogP contribution in [0.25, 0.3) is 0 Å². The van der Waals surface area contributed by atoms with Gasteiger partial charge in [0.15, 0.2) is 5.75 Å². The third-order valence-electron chi connectivity index (χ3n) is 2.46. The average Bonchev–Trinajstić information content (AvgIpc) is 2.34. The van der Waals surface area contributed by atoms with E-state index in [4.69, 9.17) is 9.84 Å². The van der Waals surface area contributed by atoms with E-state index in [1.54, 1.807) is 0 Å². The zero-order chi connectivity index (χ0) is 14.6. The second-order valence-corrected chi connectivity index (χ2v) is 5.43. The summed E-state index contributed by atoms with van der Waals surface area (Å²) in [5.41, 5.74) is -0.136. The molecule has 19 heavy (non-hydrogen) atoms. The van der Waals surface area contributed by atoms with Gasteiger partial charge in [0.1, 0.15) is 5.25 Å². The molecule has 7 heteroatoms. The molecule has 1 N–H and O–H groups in total. The fourth-order valence-corrected chi connectivity index (χ4v) is 2.49.